The van der Waals surface area contributed by atoms with Gasteiger partial charge in [0.2, 0.25) is 0 Å². The Hall–Kier alpha value is -1.82. The van der Waals surface area contributed by atoms with Crippen molar-refractivity contribution in [2.45, 2.75) is 38.7 Å². The molecule has 0 amide bonds. The summed E-state index contributed by atoms with van der Waals surface area (Å²) in [6.07, 6.45) is 3.70. The maximum absolute atomic E-state index is 10.9. The number of hydrogen-bond acceptors (Lipinski definition) is 5. The van der Waals surface area contributed by atoms with Crippen LogP contribution in [0.4, 0.5) is 11.4 Å². The molecule has 21 heavy (non-hydrogen) atoms. The molecule has 1 aromatic carbocycles. The van der Waals surface area contributed by atoms with E-state index in [1.807, 2.05) is 0 Å². The van der Waals surface area contributed by atoms with Gasteiger partial charge in [-0.1, -0.05) is 19.8 Å². The molecule has 0 saturated heterocycles. The molecule has 6 nitrogen and oxygen atoms in total. The highest BCUT2D eigenvalue weighted by Crippen LogP contribution is 2.37. The van der Waals surface area contributed by atoms with Gasteiger partial charge >= 0.3 is 5.69 Å². The SMILES string of the molecule is COc1cc(NCC2(C)CCCCC2O)ccc1[N+](=O)[O-]. The molecule has 1 aliphatic rings. The maximum Gasteiger partial charge on any atom is 0.311 e. The molecule has 116 valence electrons. The average Bonchev–Trinajstić information content (AvgIpc) is 2.48. The summed E-state index contributed by atoms with van der Waals surface area (Å²) >= 11 is 0. The highest BCUT2D eigenvalue weighted by atomic mass is 16.6. The van der Waals surface area contributed by atoms with E-state index in [1.54, 1.807) is 12.1 Å². The van der Waals surface area contributed by atoms with Gasteiger partial charge in [-0.15, -0.1) is 0 Å². The predicted octanol–water partition coefficient (Wildman–Crippen LogP) is 2.96. The van der Waals surface area contributed by atoms with Gasteiger partial charge in [0.05, 0.1) is 18.1 Å². The first-order valence-electron chi connectivity index (χ1n) is 7.20. The third kappa shape index (κ3) is 3.44. The van der Waals surface area contributed by atoms with Crippen LogP contribution in [0.5, 0.6) is 5.75 Å². The number of rotatable bonds is 5. The van der Waals surface area contributed by atoms with Gasteiger partial charge in [0.25, 0.3) is 0 Å². The second kappa shape index (κ2) is 6.30. The van der Waals surface area contributed by atoms with E-state index < -0.39 is 4.92 Å². The summed E-state index contributed by atoms with van der Waals surface area (Å²) in [7, 11) is 1.41. The van der Waals surface area contributed by atoms with Crippen molar-refractivity contribution >= 4 is 11.4 Å². The molecule has 1 saturated carbocycles. The van der Waals surface area contributed by atoms with Crippen LogP contribution in [0.1, 0.15) is 32.6 Å². The van der Waals surface area contributed by atoms with Gasteiger partial charge in [0.1, 0.15) is 0 Å². The minimum absolute atomic E-state index is 0.0491. The maximum atomic E-state index is 10.9. The number of nitro groups is 1. The number of benzene rings is 1. The zero-order valence-electron chi connectivity index (χ0n) is 12.5. The largest absolute Gasteiger partial charge is 0.490 e. The predicted molar refractivity (Wildman–Crippen MR) is 80.7 cm³/mol. The van der Waals surface area contributed by atoms with Crippen molar-refractivity contribution in [2.24, 2.45) is 5.41 Å². The van der Waals surface area contributed by atoms with Gasteiger partial charge in [0, 0.05) is 29.8 Å². The van der Waals surface area contributed by atoms with Gasteiger partial charge in [-0.2, -0.15) is 0 Å². The Morgan fingerprint density at radius 3 is 2.90 bits per heavy atom. The molecule has 6 heteroatoms. The van der Waals surface area contributed by atoms with Gasteiger partial charge in [-0.3, -0.25) is 10.1 Å². The Kier molecular flexibility index (Phi) is 4.67. The van der Waals surface area contributed by atoms with Crippen molar-refractivity contribution in [3.05, 3.63) is 28.3 Å². The van der Waals surface area contributed by atoms with Gasteiger partial charge in [-0.25, -0.2) is 0 Å². The Balaban J connectivity index is 2.08. The lowest BCUT2D eigenvalue weighted by atomic mass is 9.73. The van der Waals surface area contributed by atoms with Crippen molar-refractivity contribution in [3.8, 4) is 5.75 Å². The summed E-state index contributed by atoms with van der Waals surface area (Å²) in [5, 5.41) is 24.3. The normalized spacial score (nSPS) is 25.4. The third-order valence-corrected chi connectivity index (χ3v) is 4.35. The molecule has 0 heterocycles. The zero-order valence-corrected chi connectivity index (χ0v) is 12.5. The number of aliphatic hydroxyl groups excluding tert-OH is 1. The van der Waals surface area contributed by atoms with Gasteiger partial charge < -0.3 is 15.2 Å². The molecular formula is C15H22N2O4. The molecular weight excluding hydrogens is 272 g/mol. The number of nitrogens with one attached hydrogen (secondary N) is 1. The summed E-state index contributed by atoms with van der Waals surface area (Å²) in [6, 6.07) is 4.72. The first kappa shape index (κ1) is 15.6. The topological polar surface area (TPSA) is 84.6 Å². The lowest BCUT2D eigenvalue weighted by Gasteiger charge is -2.38. The molecule has 2 N–H and O–H groups in total. The van der Waals surface area contributed by atoms with E-state index in [1.165, 1.54) is 13.2 Å². The molecule has 2 atom stereocenters. The fourth-order valence-electron chi connectivity index (χ4n) is 2.83. The van der Waals surface area contributed by atoms with Gasteiger partial charge in [0.15, 0.2) is 5.75 Å². The average molecular weight is 294 g/mol. The fraction of sp³-hybridized carbons (Fsp3) is 0.600. The highest BCUT2D eigenvalue weighted by molar-refractivity contribution is 5.58. The van der Waals surface area contributed by atoms with E-state index in [2.05, 4.69) is 12.2 Å². The molecule has 1 aliphatic carbocycles. The Morgan fingerprint density at radius 2 is 2.29 bits per heavy atom. The monoisotopic (exact) mass is 294 g/mol. The summed E-state index contributed by atoms with van der Waals surface area (Å²) in [5.74, 6) is 0.236. The molecule has 2 unspecified atom stereocenters. The second-order valence-corrected chi connectivity index (χ2v) is 5.91. The van der Waals surface area contributed by atoms with Gasteiger partial charge in [-0.05, 0) is 18.9 Å². The van der Waals surface area contributed by atoms with Crippen molar-refractivity contribution in [2.75, 3.05) is 19.0 Å². The van der Waals surface area contributed by atoms with Crippen LogP contribution >= 0.6 is 0 Å². The summed E-state index contributed by atoms with van der Waals surface area (Å²) < 4.78 is 5.05. The highest BCUT2D eigenvalue weighted by Gasteiger charge is 2.35. The van der Waals surface area contributed by atoms with Crippen LogP contribution < -0.4 is 10.1 Å². The third-order valence-electron chi connectivity index (χ3n) is 4.35. The molecule has 1 fully saturated rings. The smallest absolute Gasteiger partial charge is 0.311 e. The van der Waals surface area contributed by atoms with E-state index in [9.17, 15) is 15.2 Å². The standard InChI is InChI=1S/C15H22N2O4/c1-15(8-4-3-5-14(15)18)10-16-11-6-7-12(17(19)20)13(9-11)21-2/h6-7,9,14,16,18H,3-5,8,10H2,1-2H3. The summed E-state index contributed by atoms with van der Waals surface area (Å²) in [5.41, 5.74) is 0.552. The quantitative estimate of drug-likeness (QED) is 0.644. The fourth-order valence-corrected chi connectivity index (χ4v) is 2.83. The molecule has 0 bridgehead atoms. The first-order chi connectivity index (χ1) is 9.96. The van der Waals surface area contributed by atoms with Crippen LogP contribution in [0.2, 0.25) is 0 Å². The molecule has 0 radical (unpaired) electrons. The van der Waals surface area contributed by atoms with Crippen molar-refractivity contribution in [3.63, 3.8) is 0 Å². The second-order valence-electron chi connectivity index (χ2n) is 5.91. The van der Waals surface area contributed by atoms with E-state index in [0.29, 0.717) is 6.54 Å². The van der Waals surface area contributed by atoms with Crippen LogP contribution in [-0.2, 0) is 0 Å². The molecule has 1 aromatic rings. The molecule has 2 rings (SSSR count). The van der Waals surface area contributed by atoms with E-state index in [0.717, 1.165) is 31.4 Å². The number of ether oxygens (including phenoxy) is 1. The molecule has 0 spiro atoms. The summed E-state index contributed by atoms with van der Waals surface area (Å²) in [4.78, 5) is 10.4. The Bertz CT molecular complexity index is 520. The van der Waals surface area contributed by atoms with E-state index in [4.69, 9.17) is 4.74 Å². The van der Waals surface area contributed by atoms with E-state index >= 15 is 0 Å². The summed E-state index contributed by atoms with van der Waals surface area (Å²) in [6.45, 7) is 2.71. The van der Waals surface area contributed by atoms with Crippen LogP contribution in [0.15, 0.2) is 18.2 Å². The minimum atomic E-state index is -0.463. The van der Waals surface area contributed by atoms with Crippen LogP contribution in [0.3, 0.4) is 0 Å². The van der Waals surface area contributed by atoms with Crippen molar-refractivity contribution < 1.29 is 14.8 Å². The van der Waals surface area contributed by atoms with Crippen molar-refractivity contribution in [1.29, 1.82) is 0 Å². The molecule has 0 aromatic heterocycles. The number of aliphatic hydroxyl groups is 1. The van der Waals surface area contributed by atoms with E-state index in [-0.39, 0.29) is 23.0 Å². The number of nitro benzene ring substituents is 1. The van der Waals surface area contributed by atoms with Crippen molar-refractivity contribution in [1.82, 2.24) is 0 Å². The van der Waals surface area contributed by atoms with Crippen LogP contribution in [-0.4, -0.2) is 29.8 Å². The molecule has 0 aliphatic heterocycles. The Morgan fingerprint density at radius 1 is 1.52 bits per heavy atom. The van der Waals surface area contributed by atoms with Crippen LogP contribution in [0, 0.1) is 15.5 Å². The number of hydrogen-bond donors (Lipinski definition) is 2. The Labute approximate surface area is 124 Å². The number of anilines is 1. The minimum Gasteiger partial charge on any atom is -0.490 e. The number of methoxy groups -OCH3 is 1. The van der Waals surface area contributed by atoms with Crippen LogP contribution in [0.25, 0.3) is 0 Å². The number of nitrogens with zero attached hydrogens (tertiary/aromatic N) is 1. The lowest BCUT2D eigenvalue weighted by molar-refractivity contribution is -0.385. The first-order valence-corrected chi connectivity index (χ1v) is 7.20. The zero-order chi connectivity index (χ0) is 15.5. The lowest BCUT2D eigenvalue weighted by Crippen LogP contribution is -2.41.